The van der Waals surface area contributed by atoms with Crippen LogP contribution in [0.5, 0.6) is 11.5 Å². The van der Waals surface area contributed by atoms with Crippen molar-refractivity contribution in [3.63, 3.8) is 0 Å². The molecule has 3 aromatic rings. The summed E-state index contributed by atoms with van der Waals surface area (Å²) in [5.41, 5.74) is 1.62. The van der Waals surface area contributed by atoms with Gasteiger partial charge in [-0.3, -0.25) is 9.36 Å². The maximum atomic E-state index is 12.7. The zero-order chi connectivity index (χ0) is 23.2. The fourth-order valence-electron chi connectivity index (χ4n) is 3.68. The molecule has 3 heterocycles. The van der Waals surface area contributed by atoms with Gasteiger partial charge in [0, 0.05) is 28.5 Å². The quantitative estimate of drug-likeness (QED) is 0.421. The molecule has 1 unspecified atom stereocenters. The number of anilines is 1. The molecule has 1 aliphatic rings. The monoisotopic (exact) mass is 488 g/mol. The number of nitrogens with one attached hydrogen (secondary N) is 1. The second-order valence-electron chi connectivity index (χ2n) is 7.61. The van der Waals surface area contributed by atoms with Crippen molar-refractivity contribution >= 4 is 34.7 Å². The number of benzene rings is 1. The molecule has 8 nitrogen and oxygen atoms in total. The van der Waals surface area contributed by atoms with E-state index in [1.807, 2.05) is 0 Å². The summed E-state index contributed by atoms with van der Waals surface area (Å²) in [6, 6.07) is 7.45. The third-order valence-corrected chi connectivity index (χ3v) is 7.45. The predicted molar refractivity (Wildman–Crippen MR) is 131 cm³/mol. The molecule has 1 atom stereocenters. The number of thiophene rings is 1. The molecule has 1 aromatic carbocycles. The van der Waals surface area contributed by atoms with Crippen LogP contribution in [0.15, 0.2) is 34.8 Å². The van der Waals surface area contributed by atoms with Crippen LogP contribution in [0.25, 0.3) is 11.4 Å². The molecular weight excluding hydrogens is 460 g/mol. The molecule has 0 radical (unpaired) electrons. The van der Waals surface area contributed by atoms with Gasteiger partial charge in [0.25, 0.3) is 0 Å². The van der Waals surface area contributed by atoms with Crippen LogP contribution in [0.1, 0.15) is 24.6 Å². The lowest BCUT2D eigenvalue weighted by molar-refractivity contribution is -0.113. The maximum Gasteiger partial charge on any atom is 0.234 e. The van der Waals surface area contributed by atoms with Gasteiger partial charge in [0.05, 0.1) is 38.3 Å². The molecule has 1 fully saturated rings. The Morgan fingerprint density at radius 1 is 1.30 bits per heavy atom. The molecule has 176 valence electrons. The first-order chi connectivity index (χ1) is 16.1. The second kappa shape index (κ2) is 11.0. The van der Waals surface area contributed by atoms with E-state index >= 15 is 0 Å². The number of methoxy groups -OCH3 is 2. The lowest BCUT2D eigenvalue weighted by Crippen LogP contribution is -2.18. The molecular formula is C23H28N4O4S2. The van der Waals surface area contributed by atoms with Crippen LogP contribution >= 0.6 is 23.1 Å². The molecule has 1 aliphatic heterocycles. The first-order valence-corrected chi connectivity index (χ1v) is 12.7. The van der Waals surface area contributed by atoms with Crippen molar-refractivity contribution in [3.05, 3.63) is 34.5 Å². The Labute approximate surface area is 201 Å². The summed E-state index contributed by atoms with van der Waals surface area (Å²) in [4.78, 5) is 14.0. The van der Waals surface area contributed by atoms with Crippen LogP contribution in [0.2, 0.25) is 0 Å². The fourth-order valence-corrected chi connectivity index (χ4v) is 5.24. The fraction of sp³-hybridized carbons (Fsp3) is 0.435. The van der Waals surface area contributed by atoms with E-state index in [0.717, 1.165) is 37.3 Å². The molecule has 0 bridgehead atoms. The Balaban J connectivity index is 1.49. The highest BCUT2D eigenvalue weighted by Crippen LogP contribution is 2.31. The summed E-state index contributed by atoms with van der Waals surface area (Å²) < 4.78 is 18.6. The number of hydrogen-bond donors (Lipinski definition) is 1. The minimum absolute atomic E-state index is 0.137. The van der Waals surface area contributed by atoms with Crippen LogP contribution < -0.4 is 14.8 Å². The maximum absolute atomic E-state index is 12.7. The van der Waals surface area contributed by atoms with Crippen molar-refractivity contribution < 1.29 is 19.0 Å². The number of ether oxygens (including phenoxy) is 3. The highest BCUT2D eigenvalue weighted by atomic mass is 32.2. The van der Waals surface area contributed by atoms with Crippen LogP contribution in [0, 0.1) is 0 Å². The van der Waals surface area contributed by atoms with E-state index in [1.54, 1.807) is 43.8 Å². The van der Waals surface area contributed by atoms with Crippen molar-refractivity contribution in [2.75, 3.05) is 31.9 Å². The number of rotatable bonds is 10. The van der Waals surface area contributed by atoms with Crippen LogP contribution in [0.4, 0.5) is 5.69 Å². The first-order valence-electron chi connectivity index (χ1n) is 10.9. The van der Waals surface area contributed by atoms with Gasteiger partial charge in [-0.25, -0.2) is 0 Å². The normalized spacial score (nSPS) is 15.5. The lowest BCUT2D eigenvalue weighted by atomic mass is 10.2. The van der Waals surface area contributed by atoms with Gasteiger partial charge in [0.2, 0.25) is 5.91 Å². The molecule has 4 rings (SSSR count). The Kier molecular flexibility index (Phi) is 7.89. The zero-order valence-corrected chi connectivity index (χ0v) is 20.6. The molecule has 0 aliphatic carbocycles. The SMILES string of the molecule is CCc1cc(-c2nnc(SCC(=O)Nc3cc(OC)ccc3OC)n2CC2CCCO2)cs1. The van der Waals surface area contributed by atoms with E-state index in [4.69, 9.17) is 14.2 Å². The largest absolute Gasteiger partial charge is 0.497 e. The van der Waals surface area contributed by atoms with E-state index in [-0.39, 0.29) is 17.8 Å². The Morgan fingerprint density at radius 2 is 2.18 bits per heavy atom. The van der Waals surface area contributed by atoms with Gasteiger partial charge in [0.15, 0.2) is 11.0 Å². The van der Waals surface area contributed by atoms with E-state index < -0.39 is 0 Å². The number of amides is 1. The average molecular weight is 489 g/mol. The summed E-state index contributed by atoms with van der Waals surface area (Å²) >= 11 is 3.09. The van der Waals surface area contributed by atoms with Gasteiger partial charge in [-0.15, -0.1) is 21.5 Å². The number of aromatic nitrogens is 3. The number of carbonyl (C=O) groups is 1. The molecule has 1 amide bonds. The molecule has 0 saturated carbocycles. The van der Waals surface area contributed by atoms with Gasteiger partial charge in [-0.1, -0.05) is 18.7 Å². The van der Waals surface area contributed by atoms with Gasteiger partial charge < -0.3 is 19.5 Å². The van der Waals surface area contributed by atoms with Crippen LogP contribution in [-0.4, -0.2) is 53.4 Å². The Morgan fingerprint density at radius 3 is 2.88 bits per heavy atom. The third kappa shape index (κ3) is 5.69. The summed E-state index contributed by atoms with van der Waals surface area (Å²) in [6.07, 6.45) is 3.20. The molecule has 1 saturated heterocycles. The number of aryl methyl sites for hydroxylation is 1. The molecule has 10 heteroatoms. The zero-order valence-electron chi connectivity index (χ0n) is 19.0. The molecule has 2 aromatic heterocycles. The molecule has 33 heavy (non-hydrogen) atoms. The van der Waals surface area contributed by atoms with Crippen molar-refractivity contribution in [2.24, 2.45) is 0 Å². The summed E-state index contributed by atoms with van der Waals surface area (Å²) in [5.74, 6) is 2.06. The second-order valence-corrected chi connectivity index (χ2v) is 9.55. The van der Waals surface area contributed by atoms with Crippen LogP contribution in [-0.2, 0) is 22.5 Å². The minimum Gasteiger partial charge on any atom is -0.497 e. The third-order valence-electron chi connectivity index (χ3n) is 5.40. The summed E-state index contributed by atoms with van der Waals surface area (Å²) in [7, 11) is 3.15. The van der Waals surface area contributed by atoms with Crippen molar-refractivity contribution in [1.82, 2.24) is 14.8 Å². The average Bonchev–Trinajstić information content (AvgIpc) is 3.59. The van der Waals surface area contributed by atoms with Gasteiger partial charge in [-0.05, 0) is 37.5 Å². The van der Waals surface area contributed by atoms with E-state index in [9.17, 15) is 4.79 Å². The lowest BCUT2D eigenvalue weighted by Gasteiger charge is -2.14. The van der Waals surface area contributed by atoms with Gasteiger partial charge in [0.1, 0.15) is 11.5 Å². The van der Waals surface area contributed by atoms with E-state index in [1.165, 1.54) is 16.6 Å². The highest BCUT2D eigenvalue weighted by molar-refractivity contribution is 7.99. The smallest absolute Gasteiger partial charge is 0.234 e. The standard InChI is InChI=1S/C23H28N4O4S2/c1-4-18-10-15(13-32-18)22-25-26-23(27(22)12-17-6-5-9-31-17)33-14-21(28)24-19-11-16(29-2)7-8-20(19)30-3/h7-8,10-11,13,17H,4-6,9,12,14H2,1-3H3,(H,24,28). The highest BCUT2D eigenvalue weighted by Gasteiger charge is 2.23. The number of hydrogen-bond acceptors (Lipinski definition) is 8. The Bertz CT molecular complexity index is 1090. The summed E-state index contributed by atoms with van der Waals surface area (Å²) in [5, 5.41) is 14.6. The molecule has 1 N–H and O–H groups in total. The summed E-state index contributed by atoms with van der Waals surface area (Å²) in [6.45, 7) is 3.60. The minimum atomic E-state index is -0.163. The van der Waals surface area contributed by atoms with Gasteiger partial charge >= 0.3 is 0 Å². The van der Waals surface area contributed by atoms with Crippen molar-refractivity contribution in [2.45, 2.75) is 44.0 Å². The van der Waals surface area contributed by atoms with Crippen molar-refractivity contribution in [3.8, 4) is 22.9 Å². The number of nitrogens with zero attached hydrogens (tertiary/aromatic N) is 3. The van der Waals surface area contributed by atoms with E-state index in [2.05, 4.69) is 38.5 Å². The number of carbonyl (C=O) groups excluding carboxylic acids is 1. The topological polar surface area (TPSA) is 87.5 Å². The first kappa shape index (κ1) is 23.6. The van der Waals surface area contributed by atoms with E-state index in [0.29, 0.717) is 28.9 Å². The Hall–Kier alpha value is -2.56. The van der Waals surface area contributed by atoms with Gasteiger partial charge in [-0.2, -0.15) is 0 Å². The van der Waals surface area contributed by atoms with Crippen molar-refractivity contribution in [1.29, 1.82) is 0 Å². The predicted octanol–water partition coefficient (Wildman–Crippen LogP) is 4.50. The molecule has 0 spiro atoms. The van der Waals surface area contributed by atoms with Crippen LogP contribution in [0.3, 0.4) is 0 Å². The number of thioether (sulfide) groups is 1.